The van der Waals surface area contributed by atoms with Gasteiger partial charge in [-0.05, 0) is 30.3 Å². The van der Waals surface area contributed by atoms with Crippen LogP contribution in [0.15, 0.2) is 41.9 Å². The van der Waals surface area contributed by atoms with Gasteiger partial charge in [0.15, 0.2) is 11.7 Å². The number of hydrogen-bond acceptors (Lipinski definition) is 7. The van der Waals surface area contributed by atoms with Gasteiger partial charge >= 0.3 is 5.97 Å². The lowest BCUT2D eigenvalue weighted by atomic mass is 10.1. The topological polar surface area (TPSA) is 91.7 Å². The minimum absolute atomic E-state index is 0.370. The second kappa shape index (κ2) is 8.57. The van der Waals surface area contributed by atoms with E-state index >= 15 is 0 Å². The number of carbonyl (C=O) groups is 2. The van der Waals surface area contributed by atoms with E-state index in [1.807, 2.05) is 0 Å². The van der Waals surface area contributed by atoms with E-state index in [9.17, 15) is 9.59 Å². The monoisotopic (exact) mass is 401 g/mol. The number of nitrogens with one attached hydrogen (secondary N) is 1. The van der Waals surface area contributed by atoms with E-state index in [1.165, 1.54) is 11.3 Å². The van der Waals surface area contributed by atoms with Crippen LogP contribution in [0, 0.1) is 0 Å². The maximum absolute atomic E-state index is 12.1. The average Bonchev–Trinajstić information content (AvgIpc) is 3.34. The van der Waals surface area contributed by atoms with Crippen LogP contribution in [-0.2, 0) is 16.6 Å². The number of aryl methyl sites for hydroxylation is 1. The third-order valence-corrected chi connectivity index (χ3v) is 4.68. The molecule has 1 aromatic carbocycles. The lowest BCUT2D eigenvalue weighted by Gasteiger charge is -2.08. The zero-order chi connectivity index (χ0) is 20.1. The van der Waals surface area contributed by atoms with E-state index in [-0.39, 0.29) is 0 Å². The van der Waals surface area contributed by atoms with Crippen LogP contribution < -0.4 is 14.8 Å². The molecule has 28 heavy (non-hydrogen) atoms. The van der Waals surface area contributed by atoms with Crippen molar-refractivity contribution >= 4 is 28.3 Å². The van der Waals surface area contributed by atoms with Gasteiger partial charge in [-0.3, -0.25) is 10.1 Å². The standard InChI is InChI=1S/C19H19N3O5S/c1-22-8-4-5-15(22)18(24)27-10-17(23)21-19-20-14(11-28-19)13-9-12(25-2)6-7-16(13)26-3/h4-9,11H,10H2,1-3H3,(H,20,21,23). The molecule has 0 aliphatic heterocycles. The summed E-state index contributed by atoms with van der Waals surface area (Å²) in [5, 5.41) is 4.81. The number of hydrogen-bond donors (Lipinski definition) is 1. The Balaban J connectivity index is 1.64. The van der Waals surface area contributed by atoms with E-state index in [2.05, 4.69) is 10.3 Å². The third-order valence-electron chi connectivity index (χ3n) is 3.92. The summed E-state index contributed by atoms with van der Waals surface area (Å²) in [5.74, 6) is 0.270. The summed E-state index contributed by atoms with van der Waals surface area (Å²) in [6.07, 6.45) is 1.72. The molecule has 9 heteroatoms. The molecule has 0 atom stereocenters. The van der Waals surface area contributed by atoms with Crippen molar-refractivity contribution in [3.8, 4) is 22.8 Å². The largest absolute Gasteiger partial charge is 0.497 e. The fourth-order valence-electron chi connectivity index (χ4n) is 2.50. The number of ether oxygens (including phenoxy) is 3. The van der Waals surface area contributed by atoms with Crippen LogP contribution in [0.1, 0.15) is 10.5 Å². The van der Waals surface area contributed by atoms with Crippen LogP contribution in [0.5, 0.6) is 11.5 Å². The van der Waals surface area contributed by atoms with E-state index in [1.54, 1.807) is 67.7 Å². The van der Waals surface area contributed by atoms with Gasteiger partial charge in [0.05, 0.1) is 19.9 Å². The van der Waals surface area contributed by atoms with E-state index < -0.39 is 18.5 Å². The Labute approximate surface area is 165 Å². The van der Waals surface area contributed by atoms with Gasteiger partial charge in [-0.15, -0.1) is 11.3 Å². The molecule has 0 bridgehead atoms. The summed E-state index contributed by atoms with van der Waals surface area (Å²) in [5.41, 5.74) is 1.75. The molecule has 1 amide bonds. The number of esters is 1. The number of benzene rings is 1. The van der Waals surface area contributed by atoms with Gasteiger partial charge in [0, 0.05) is 24.2 Å². The highest BCUT2D eigenvalue weighted by atomic mass is 32.1. The van der Waals surface area contributed by atoms with Crippen molar-refractivity contribution < 1.29 is 23.8 Å². The summed E-state index contributed by atoms with van der Waals surface area (Å²) in [6, 6.07) is 8.73. The molecule has 2 heterocycles. The Bertz CT molecular complexity index is 995. The smallest absolute Gasteiger partial charge is 0.355 e. The van der Waals surface area contributed by atoms with Crippen molar-refractivity contribution in [3.63, 3.8) is 0 Å². The maximum atomic E-state index is 12.1. The lowest BCUT2D eigenvalue weighted by Crippen LogP contribution is -2.21. The zero-order valence-electron chi connectivity index (χ0n) is 15.6. The molecular weight excluding hydrogens is 382 g/mol. The molecular formula is C19H19N3O5S. The fraction of sp³-hybridized carbons (Fsp3) is 0.211. The van der Waals surface area contributed by atoms with Crippen molar-refractivity contribution in [1.29, 1.82) is 0 Å². The second-order valence-electron chi connectivity index (χ2n) is 5.73. The van der Waals surface area contributed by atoms with Crippen LogP contribution in [0.25, 0.3) is 11.3 Å². The predicted octanol–water partition coefficient (Wildman–Crippen LogP) is 2.96. The third kappa shape index (κ3) is 4.32. The van der Waals surface area contributed by atoms with Crippen molar-refractivity contribution in [2.75, 3.05) is 26.1 Å². The Kier molecular flexibility index (Phi) is 5.95. The van der Waals surface area contributed by atoms with Crippen molar-refractivity contribution in [3.05, 3.63) is 47.6 Å². The minimum atomic E-state index is -0.566. The average molecular weight is 401 g/mol. The summed E-state index contributed by atoms with van der Waals surface area (Å²) < 4.78 is 17.3. The van der Waals surface area contributed by atoms with Gasteiger partial charge in [-0.1, -0.05) is 0 Å². The Hall–Kier alpha value is -3.33. The van der Waals surface area contributed by atoms with Crippen LogP contribution in [-0.4, -0.2) is 42.3 Å². The Morgan fingerprint density at radius 2 is 2.04 bits per heavy atom. The number of rotatable bonds is 7. The van der Waals surface area contributed by atoms with Crippen LogP contribution in [0.2, 0.25) is 0 Å². The van der Waals surface area contributed by atoms with Crippen LogP contribution in [0.4, 0.5) is 5.13 Å². The zero-order valence-corrected chi connectivity index (χ0v) is 16.4. The maximum Gasteiger partial charge on any atom is 0.355 e. The highest BCUT2D eigenvalue weighted by molar-refractivity contribution is 7.14. The molecule has 0 aliphatic carbocycles. The molecule has 0 fully saturated rings. The van der Waals surface area contributed by atoms with E-state index in [4.69, 9.17) is 14.2 Å². The molecule has 3 rings (SSSR count). The second-order valence-corrected chi connectivity index (χ2v) is 6.59. The highest BCUT2D eigenvalue weighted by Gasteiger charge is 2.15. The highest BCUT2D eigenvalue weighted by Crippen LogP contribution is 2.34. The van der Waals surface area contributed by atoms with E-state index in [0.29, 0.717) is 28.0 Å². The fourth-order valence-corrected chi connectivity index (χ4v) is 3.23. The molecule has 0 spiro atoms. The summed E-state index contributed by atoms with van der Waals surface area (Å²) >= 11 is 1.26. The molecule has 1 N–H and O–H groups in total. The summed E-state index contributed by atoms with van der Waals surface area (Å²) in [7, 11) is 4.87. The van der Waals surface area contributed by atoms with Gasteiger partial charge in [0.2, 0.25) is 0 Å². The van der Waals surface area contributed by atoms with E-state index in [0.717, 1.165) is 5.56 Å². The first-order chi connectivity index (χ1) is 13.5. The number of anilines is 1. The van der Waals surface area contributed by atoms with Gasteiger partial charge in [-0.25, -0.2) is 9.78 Å². The van der Waals surface area contributed by atoms with Crippen molar-refractivity contribution in [2.45, 2.75) is 0 Å². The molecule has 146 valence electrons. The quantitative estimate of drug-likeness (QED) is 0.612. The first kappa shape index (κ1) is 19.4. The first-order valence-corrected chi connectivity index (χ1v) is 9.16. The van der Waals surface area contributed by atoms with Crippen LogP contribution in [0.3, 0.4) is 0 Å². The number of carbonyl (C=O) groups excluding carboxylic acids is 2. The molecule has 0 saturated carbocycles. The molecule has 3 aromatic rings. The molecule has 0 unspecified atom stereocenters. The molecule has 0 saturated heterocycles. The van der Waals surface area contributed by atoms with Gasteiger partial charge in [0.25, 0.3) is 5.91 Å². The van der Waals surface area contributed by atoms with Gasteiger partial charge in [-0.2, -0.15) is 0 Å². The number of aromatic nitrogens is 2. The molecule has 8 nitrogen and oxygen atoms in total. The Morgan fingerprint density at radius 1 is 1.21 bits per heavy atom. The van der Waals surface area contributed by atoms with Gasteiger partial charge < -0.3 is 18.8 Å². The minimum Gasteiger partial charge on any atom is -0.497 e. The summed E-state index contributed by atoms with van der Waals surface area (Å²) in [4.78, 5) is 28.4. The molecule has 0 radical (unpaired) electrons. The normalized spacial score (nSPS) is 10.4. The predicted molar refractivity (Wildman–Crippen MR) is 105 cm³/mol. The molecule has 2 aromatic heterocycles. The number of nitrogens with zero attached hydrogens (tertiary/aromatic N) is 2. The SMILES string of the molecule is COc1ccc(OC)c(-c2csc(NC(=O)COC(=O)c3cccn3C)n2)c1. The van der Waals surface area contributed by atoms with Crippen LogP contribution >= 0.6 is 11.3 Å². The van der Waals surface area contributed by atoms with Gasteiger partial charge in [0.1, 0.15) is 17.2 Å². The number of amides is 1. The summed E-state index contributed by atoms with van der Waals surface area (Å²) in [6.45, 7) is -0.401. The Morgan fingerprint density at radius 3 is 2.71 bits per heavy atom. The van der Waals surface area contributed by atoms with Crippen molar-refractivity contribution in [2.24, 2.45) is 7.05 Å². The number of methoxy groups -OCH3 is 2. The lowest BCUT2D eigenvalue weighted by molar-refractivity contribution is -0.119. The first-order valence-electron chi connectivity index (χ1n) is 8.28. The molecule has 0 aliphatic rings. The van der Waals surface area contributed by atoms with Crippen molar-refractivity contribution in [1.82, 2.24) is 9.55 Å². The number of thiazole rings is 1.